The third-order valence-corrected chi connectivity index (χ3v) is 9.03. The molecule has 0 aliphatic carbocycles. The average Bonchev–Trinajstić information content (AvgIpc) is 3.28. The van der Waals surface area contributed by atoms with Crippen LogP contribution in [0.5, 0.6) is 11.5 Å². The van der Waals surface area contributed by atoms with Crippen molar-refractivity contribution in [2.45, 2.75) is 89.5 Å². The van der Waals surface area contributed by atoms with Crippen molar-refractivity contribution in [1.82, 2.24) is 0 Å². The number of fused-ring (bicyclic) bond motifs is 2. The second-order valence-corrected chi connectivity index (χ2v) is 18.6. The van der Waals surface area contributed by atoms with Crippen LogP contribution in [-0.2, 0) is 23.7 Å². The molecule has 0 N–H and O–H groups in total. The Balaban J connectivity index is 1.69. The van der Waals surface area contributed by atoms with Crippen LogP contribution in [0.2, 0.25) is 25.7 Å². The van der Waals surface area contributed by atoms with E-state index in [-0.39, 0.29) is 12.4 Å². The van der Waals surface area contributed by atoms with Crippen molar-refractivity contribution in [3.8, 4) is 11.5 Å². The molecule has 2 aromatic rings. The van der Waals surface area contributed by atoms with Crippen LogP contribution in [0.15, 0.2) is 60.7 Å². The zero-order valence-electron chi connectivity index (χ0n) is 27.4. The Morgan fingerprint density at radius 1 is 1.02 bits per heavy atom. The second-order valence-electron chi connectivity index (χ2n) is 13.0. The van der Waals surface area contributed by atoms with Gasteiger partial charge >= 0.3 is 11.9 Å². The Kier molecular flexibility index (Phi) is 11.7. The van der Waals surface area contributed by atoms with Crippen LogP contribution in [0.25, 0.3) is 6.08 Å². The summed E-state index contributed by atoms with van der Waals surface area (Å²) in [4.78, 5) is 26.7. The van der Waals surface area contributed by atoms with E-state index in [0.717, 1.165) is 6.04 Å². The molecule has 0 bridgehead atoms. The molecule has 244 valence electrons. The quantitative estimate of drug-likeness (QED) is 0.124. The summed E-state index contributed by atoms with van der Waals surface area (Å²) in [7, 11) is 0.194. The number of hydrogen-bond donors (Lipinski definition) is 0. The van der Waals surface area contributed by atoms with E-state index in [0.29, 0.717) is 42.1 Å². The van der Waals surface area contributed by atoms with Crippen molar-refractivity contribution in [1.29, 1.82) is 0 Å². The highest BCUT2D eigenvalue weighted by atomic mass is 28.3. The molecule has 0 amide bonds. The fourth-order valence-corrected chi connectivity index (χ4v) is 5.80. The molecule has 1 fully saturated rings. The van der Waals surface area contributed by atoms with Crippen LogP contribution >= 0.6 is 0 Å². The average molecular weight is 639 g/mol. The van der Waals surface area contributed by atoms with Gasteiger partial charge in [-0.15, -0.1) is 0 Å². The molecule has 2 aromatic carbocycles. The van der Waals surface area contributed by atoms with Gasteiger partial charge in [0.2, 0.25) is 0 Å². The highest BCUT2D eigenvalue weighted by Gasteiger charge is 2.45. The lowest BCUT2D eigenvalue weighted by Gasteiger charge is -2.24. The van der Waals surface area contributed by atoms with Gasteiger partial charge in [-0.05, 0) is 63.1 Å². The topological polar surface area (TPSA) is 98.8 Å². The van der Waals surface area contributed by atoms with Gasteiger partial charge in [0.1, 0.15) is 35.4 Å². The maximum absolute atomic E-state index is 13.6. The van der Waals surface area contributed by atoms with Crippen LogP contribution in [0.4, 0.5) is 0 Å². The van der Waals surface area contributed by atoms with Gasteiger partial charge in [-0.2, -0.15) is 0 Å². The molecular formula is C35H46O9Si. The van der Waals surface area contributed by atoms with Gasteiger partial charge in [-0.25, -0.2) is 9.59 Å². The number of hydrogen-bond acceptors (Lipinski definition) is 9. The molecule has 4 atom stereocenters. The Labute approximate surface area is 267 Å². The lowest BCUT2D eigenvalue weighted by molar-refractivity contribution is -0.152. The highest BCUT2D eigenvalue weighted by Crippen LogP contribution is 2.36. The first kappa shape index (κ1) is 34.4. The number of cyclic esters (lactones) is 1. The molecule has 0 spiro atoms. The van der Waals surface area contributed by atoms with Crippen LogP contribution in [0.3, 0.4) is 0 Å². The van der Waals surface area contributed by atoms with Gasteiger partial charge in [-0.3, -0.25) is 0 Å². The van der Waals surface area contributed by atoms with Crippen LogP contribution in [0.1, 0.15) is 59.9 Å². The molecule has 1 saturated heterocycles. The van der Waals surface area contributed by atoms with E-state index >= 15 is 0 Å². The normalized spacial score (nSPS) is 24.0. The Morgan fingerprint density at radius 2 is 1.78 bits per heavy atom. The summed E-state index contributed by atoms with van der Waals surface area (Å²) in [5, 5.41) is 0. The summed E-state index contributed by atoms with van der Waals surface area (Å²) in [6, 6.07) is 13.3. The van der Waals surface area contributed by atoms with E-state index in [1.54, 1.807) is 43.3 Å². The number of esters is 2. The number of methoxy groups -OCH3 is 1. The third-order valence-electron chi connectivity index (χ3n) is 7.33. The van der Waals surface area contributed by atoms with E-state index in [4.69, 9.17) is 33.2 Å². The van der Waals surface area contributed by atoms with Gasteiger partial charge in [0, 0.05) is 27.7 Å². The molecule has 0 radical (unpaired) electrons. The summed E-state index contributed by atoms with van der Waals surface area (Å²) < 4.78 is 41.6. The molecule has 45 heavy (non-hydrogen) atoms. The Bertz CT molecular complexity index is 1360. The predicted octanol–water partition coefficient (Wildman–Crippen LogP) is 7.04. The SMILES string of the molecule is COCOc1cc(OCC[Si](C)(C)C)cc2c1C(=O)O[C@@H](C)C/C=C\C(OC(=O)c1ccccc1)[C@H]1OC(C)(C)O[C@H]1CC=C2. The van der Waals surface area contributed by atoms with Gasteiger partial charge in [-0.1, -0.05) is 56.1 Å². The molecule has 4 rings (SSSR count). The number of benzene rings is 2. The van der Waals surface area contributed by atoms with Gasteiger partial charge in [0.25, 0.3) is 0 Å². The molecule has 10 heteroatoms. The maximum atomic E-state index is 13.6. The minimum atomic E-state index is -1.33. The molecule has 0 saturated carbocycles. The zero-order chi connectivity index (χ0) is 32.6. The van der Waals surface area contributed by atoms with Crippen molar-refractivity contribution < 1.29 is 42.7 Å². The molecule has 2 aliphatic rings. The molecule has 1 unspecified atom stereocenters. The van der Waals surface area contributed by atoms with E-state index in [2.05, 4.69) is 19.6 Å². The smallest absolute Gasteiger partial charge is 0.342 e. The number of carbonyl (C=O) groups is 2. The summed E-state index contributed by atoms with van der Waals surface area (Å²) in [6.07, 6.45) is 5.93. The highest BCUT2D eigenvalue weighted by molar-refractivity contribution is 6.76. The van der Waals surface area contributed by atoms with Crippen molar-refractivity contribution >= 4 is 26.1 Å². The number of rotatable bonds is 9. The van der Waals surface area contributed by atoms with Crippen LogP contribution < -0.4 is 9.47 Å². The summed E-state index contributed by atoms with van der Waals surface area (Å²) >= 11 is 0. The lowest BCUT2D eigenvalue weighted by atomic mass is 10.0. The van der Waals surface area contributed by atoms with Crippen LogP contribution in [-0.4, -0.2) is 70.7 Å². The first-order chi connectivity index (χ1) is 21.3. The van der Waals surface area contributed by atoms with Crippen molar-refractivity contribution in [2.75, 3.05) is 20.5 Å². The van der Waals surface area contributed by atoms with Gasteiger partial charge < -0.3 is 33.2 Å². The monoisotopic (exact) mass is 638 g/mol. The Hall–Kier alpha value is -3.44. The first-order valence-corrected chi connectivity index (χ1v) is 19.1. The number of ether oxygens (including phenoxy) is 7. The van der Waals surface area contributed by atoms with Crippen molar-refractivity contribution in [3.63, 3.8) is 0 Å². The fraction of sp³-hybridized carbons (Fsp3) is 0.486. The standard InChI is InChI=1S/C35H46O9Si/c1-24-13-11-17-28(42-33(36)25-14-9-8-10-15-25)32-29(43-35(2,3)44-32)18-12-16-26-21-27(39-19-20-45(5,6)7)22-30(40-23-38-4)31(26)34(37)41-24/h8-12,14-17,21-22,24,28-29,32H,13,18-20,23H2,1-7H3/b16-12?,17-11-/t24-,28?,29-,32+/m0/s1. The van der Waals surface area contributed by atoms with Gasteiger partial charge in [0.15, 0.2) is 12.6 Å². The maximum Gasteiger partial charge on any atom is 0.342 e. The van der Waals surface area contributed by atoms with Crippen molar-refractivity contribution in [2.24, 2.45) is 0 Å². The van der Waals surface area contributed by atoms with E-state index in [9.17, 15) is 9.59 Å². The molecule has 0 aromatic heterocycles. The zero-order valence-corrected chi connectivity index (χ0v) is 28.4. The third kappa shape index (κ3) is 10.0. The summed E-state index contributed by atoms with van der Waals surface area (Å²) in [6.45, 7) is 12.9. The van der Waals surface area contributed by atoms with Gasteiger partial charge in [0.05, 0.1) is 18.3 Å². The first-order valence-electron chi connectivity index (χ1n) is 15.4. The predicted molar refractivity (Wildman–Crippen MR) is 174 cm³/mol. The van der Waals surface area contributed by atoms with Crippen LogP contribution in [0, 0.1) is 0 Å². The largest absolute Gasteiger partial charge is 0.494 e. The Morgan fingerprint density at radius 3 is 2.49 bits per heavy atom. The van der Waals surface area contributed by atoms with E-state index < -0.39 is 50.2 Å². The lowest BCUT2D eigenvalue weighted by Crippen LogP contribution is -2.37. The molecule has 2 heterocycles. The fourth-order valence-electron chi connectivity index (χ4n) is 5.08. The second kappa shape index (κ2) is 15.2. The minimum absolute atomic E-state index is 0.0484. The summed E-state index contributed by atoms with van der Waals surface area (Å²) in [5.41, 5.74) is 1.30. The molecule has 2 aliphatic heterocycles. The van der Waals surface area contributed by atoms with E-state index in [1.807, 2.05) is 44.2 Å². The minimum Gasteiger partial charge on any atom is -0.494 e. The molecule has 9 nitrogen and oxygen atoms in total. The molecular weight excluding hydrogens is 592 g/mol. The number of carbonyl (C=O) groups excluding carboxylic acids is 2. The summed E-state index contributed by atoms with van der Waals surface area (Å²) in [5.74, 6) is -0.994. The van der Waals surface area contributed by atoms with Crippen molar-refractivity contribution in [3.05, 3.63) is 77.4 Å². The van der Waals surface area contributed by atoms with E-state index in [1.165, 1.54) is 7.11 Å².